The second kappa shape index (κ2) is 6.81. The maximum atomic E-state index is 6.04. The Labute approximate surface area is 128 Å². The zero-order valence-corrected chi connectivity index (χ0v) is 12.3. The molecule has 0 saturated carbocycles. The largest absolute Gasteiger partial charge is 0.495 e. The Balaban J connectivity index is 2.31. The van der Waals surface area contributed by atoms with Crippen molar-refractivity contribution >= 4 is 34.6 Å². The lowest BCUT2D eigenvalue weighted by molar-refractivity contribution is 0.417. The van der Waals surface area contributed by atoms with E-state index in [0.29, 0.717) is 40.3 Å². The zero-order valence-electron chi connectivity index (χ0n) is 11.6. The number of halogens is 1. The maximum Gasteiger partial charge on any atom is 0.159 e. The fourth-order valence-corrected chi connectivity index (χ4v) is 1.88. The van der Waals surface area contributed by atoms with Gasteiger partial charge in [-0.05, 0) is 18.2 Å². The first-order valence-electron chi connectivity index (χ1n) is 6.21. The summed E-state index contributed by atoms with van der Waals surface area (Å²) in [6.45, 7) is 4.19. The Morgan fingerprint density at radius 3 is 2.86 bits per heavy atom. The van der Waals surface area contributed by atoms with Crippen LogP contribution in [-0.4, -0.2) is 23.6 Å². The van der Waals surface area contributed by atoms with E-state index in [1.54, 1.807) is 31.4 Å². The van der Waals surface area contributed by atoms with Crippen LogP contribution in [-0.2, 0) is 0 Å². The van der Waals surface area contributed by atoms with Crippen LogP contribution in [0.2, 0.25) is 5.02 Å². The topological polar surface area (TPSA) is 85.1 Å². The van der Waals surface area contributed by atoms with Crippen LogP contribution in [0.25, 0.3) is 0 Å². The molecule has 1 aromatic carbocycles. The average Bonchev–Trinajstić information content (AvgIpc) is 2.48. The van der Waals surface area contributed by atoms with E-state index in [9.17, 15) is 0 Å². The molecule has 0 aliphatic rings. The Morgan fingerprint density at radius 2 is 2.14 bits per heavy atom. The van der Waals surface area contributed by atoms with E-state index < -0.39 is 0 Å². The van der Waals surface area contributed by atoms with Crippen molar-refractivity contribution in [1.82, 2.24) is 9.97 Å². The SMILES string of the molecule is C=CCNc1ncnc(Nc2cc(Cl)ccc2OC)c1N. The summed E-state index contributed by atoms with van der Waals surface area (Å²) in [4.78, 5) is 8.22. The molecule has 7 heteroatoms. The quantitative estimate of drug-likeness (QED) is 0.711. The summed E-state index contributed by atoms with van der Waals surface area (Å²) in [5.41, 5.74) is 7.12. The first-order valence-corrected chi connectivity index (χ1v) is 6.59. The summed E-state index contributed by atoms with van der Waals surface area (Å²) in [6.07, 6.45) is 3.13. The molecule has 2 aromatic rings. The number of anilines is 4. The van der Waals surface area contributed by atoms with Crippen molar-refractivity contribution < 1.29 is 4.74 Å². The van der Waals surface area contributed by atoms with Gasteiger partial charge in [-0.3, -0.25) is 0 Å². The molecule has 0 aliphatic heterocycles. The van der Waals surface area contributed by atoms with Crippen molar-refractivity contribution in [3.63, 3.8) is 0 Å². The van der Waals surface area contributed by atoms with Crippen LogP contribution in [0.5, 0.6) is 5.75 Å². The van der Waals surface area contributed by atoms with Gasteiger partial charge in [0.1, 0.15) is 17.8 Å². The number of methoxy groups -OCH3 is 1. The fourth-order valence-electron chi connectivity index (χ4n) is 1.71. The van der Waals surface area contributed by atoms with Gasteiger partial charge in [-0.15, -0.1) is 6.58 Å². The van der Waals surface area contributed by atoms with Crippen molar-refractivity contribution in [2.45, 2.75) is 0 Å². The molecule has 0 amide bonds. The van der Waals surface area contributed by atoms with Crippen LogP contribution in [0.15, 0.2) is 37.2 Å². The standard InChI is InChI=1S/C14H16ClN5O/c1-3-6-17-13-12(16)14(19-8-18-13)20-10-7-9(15)4-5-11(10)21-2/h3-5,7-8H,1,6,16H2,2H3,(H2,17,18,19,20). The summed E-state index contributed by atoms with van der Waals surface area (Å²) in [5.74, 6) is 1.64. The third-order valence-corrected chi connectivity index (χ3v) is 2.95. The van der Waals surface area contributed by atoms with Crippen molar-refractivity contribution in [3.05, 3.63) is 42.2 Å². The highest BCUT2D eigenvalue weighted by Crippen LogP contribution is 2.32. The Kier molecular flexibility index (Phi) is 4.84. The molecule has 1 aromatic heterocycles. The summed E-state index contributed by atoms with van der Waals surface area (Å²) in [6, 6.07) is 5.24. The third-order valence-electron chi connectivity index (χ3n) is 2.71. The summed E-state index contributed by atoms with van der Waals surface area (Å²) in [7, 11) is 1.58. The summed E-state index contributed by atoms with van der Waals surface area (Å²) in [5, 5.41) is 6.71. The van der Waals surface area contributed by atoms with Gasteiger partial charge >= 0.3 is 0 Å². The third kappa shape index (κ3) is 3.55. The molecule has 6 nitrogen and oxygen atoms in total. The molecule has 0 atom stereocenters. The molecular weight excluding hydrogens is 290 g/mol. The van der Waals surface area contributed by atoms with E-state index in [1.807, 2.05) is 0 Å². The number of nitrogens with zero attached hydrogens (tertiary/aromatic N) is 2. The number of nitrogens with one attached hydrogen (secondary N) is 2. The molecule has 110 valence electrons. The molecule has 21 heavy (non-hydrogen) atoms. The van der Waals surface area contributed by atoms with Gasteiger partial charge in [0.05, 0.1) is 12.8 Å². The number of rotatable bonds is 6. The van der Waals surface area contributed by atoms with Gasteiger partial charge < -0.3 is 21.1 Å². The highest BCUT2D eigenvalue weighted by atomic mass is 35.5. The molecule has 0 fully saturated rings. The molecule has 0 radical (unpaired) electrons. The van der Waals surface area contributed by atoms with Crippen LogP contribution in [0.3, 0.4) is 0 Å². The van der Waals surface area contributed by atoms with E-state index in [-0.39, 0.29) is 0 Å². The van der Waals surface area contributed by atoms with Crippen LogP contribution in [0.4, 0.5) is 23.0 Å². The van der Waals surface area contributed by atoms with E-state index in [2.05, 4.69) is 27.2 Å². The van der Waals surface area contributed by atoms with Crippen LogP contribution in [0, 0.1) is 0 Å². The lowest BCUT2D eigenvalue weighted by Crippen LogP contribution is -2.08. The second-order valence-electron chi connectivity index (χ2n) is 4.12. The fraction of sp³-hybridized carbons (Fsp3) is 0.143. The molecule has 0 bridgehead atoms. The highest BCUT2D eigenvalue weighted by Gasteiger charge is 2.10. The normalized spacial score (nSPS) is 10.0. The number of nitrogens with two attached hydrogens (primary N) is 1. The van der Waals surface area contributed by atoms with Crippen LogP contribution < -0.4 is 21.1 Å². The minimum absolute atomic E-state index is 0.404. The predicted molar refractivity (Wildman–Crippen MR) is 86.4 cm³/mol. The summed E-state index contributed by atoms with van der Waals surface area (Å²) >= 11 is 6.00. The van der Waals surface area contributed by atoms with Crippen molar-refractivity contribution in [1.29, 1.82) is 0 Å². The highest BCUT2D eigenvalue weighted by molar-refractivity contribution is 6.31. The smallest absolute Gasteiger partial charge is 0.159 e. The van der Waals surface area contributed by atoms with Crippen LogP contribution >= 0.6 is 11.6 Å². The van der Waals surface area contributed by atoms with Gasteiger partial charge in [0.25, 0.3) is 0 Å². The maximum absolute atomic E-state index is 6.04. The molecular formula is C14H16ClN5O. The molecule has 0 unspecified atom stereocenters. The monoisotopic (exact) mass is 305 g/mol. The first-order chi connectivity index (χ1) is 10.2. The number of hydrogen-bond donors (Lipinski definition) is 3. The molecule has 0 spiro atoms. The Bertz CT molecular complexity index is 647. The van der Waals surface area contributed by atoms with Gasteiger partial charge in [-0.25, -0.2) is 9.97 Å². The lowest BCUT2D eigenvalue weighted by atomic mass is 10.3. The van der Waals surface area contributed by atoms with E-state index in [1.165, 1.54) is 6.33 Å². The van der Waals surface area contributed by atoms with Crippen molar-refractivity contribution in [3.8, 4) is 5.75 Å². The zero-order chi connectivity index (χ0) is 15.2. The molecule has 2 rings (SSSR count). The van der Waals surface area contributed by atoms with Crippen molar-refractivity contribution in [2.75, 3.05) is 30.0 Å². The van der Waals surface area contributed by atoms with Gasteiger partial charge in [-0.2, -0.15) is 0 Å². The van der Waals surface area contributed by atoms with Gasteiger partial charge in [0.15, 0.2) is 11.6 Å². The molecule has 0 saturated heterocycles. The number of hydrogen-bond acceptors (Lipinski definition) is 6. The van der Waals surface area contributed by atoms with Crippen LogP contribution in [0.1, 0.15) is 0 Å². The average molecular weight is 306 g/mol. The van der Waals surface area contributed by atoms with Crippen molar-refractivity contribution in [2.24, 2.45) is 0 Å². The summed E-state index contributed by atoms with van der Waals surface area (Å²) < 4.78 is 5.27. The number of aromatic nitrogens is 2. The Morgan fingerprint density at radius 1 is 1.38 bits per heavy atom. The predicted octanol–water partition coefficient (Wildman–Crippen LogP) is 3.06. The second-order valence-corrected chi connectivity index (χ2v) is 4.56. The molecule has 0 aliphatic carbocycles. The number of nitrogen functional groups attached to an aromatic ring is 1. The molecule has 1 heterocycles. The number of ether oxygens (including phenoxy) is 1. The first kappa shape index (κ1) is 14.9. The Hall–Kier alpha value is -2.47. The number of benzene rings is 1. The van der Waals surface area contributed by atoms with Gasteiger partial charge in [0.2, 0.25) is 0 Å². The van der Waals surface area contributed by atoms with E-state index in [0.717, 1.165) is 0 Å². The molecule has 4 N–H and O–H groups in total. The minimum Gasteiger partial charge on any atom is -0.495 e. The minimum atomic E-state index is 0.404. The van der Waals surface area contributed by atoms with E-state index >= 15 is 0 Å². The lowest BCUT2D eigenvalue weighted by Gasteiger charge is -2.14. The van der Waals surface area contributed by atoms with E-state index in [4.69, 9.17) is 22.1 Å². The van der Waals surface area contributed by atoms with Gasteiger partial charge in [0, 0.05) is 11.6 Å². The van der Waals surface area contributed by atoms with Gasteiger partial charge in [-0.1, -0.05) is 17.7 Å².